The number of alkyl carbamates (subject to hydrolysis) is 1. The van der Waals surface area contributed by atoms with E-state index in [1.165, 1.54) is 6.33 Å². The maximum Gasteiger partial charge on any atom is 0.408 e. The number of aromatic nitrogens is 2. The zero-order valence-electron chi connectivity index (χ0n) is 18.0. The summed E-state index contributed by atoms with van der Waals surface area (Å²) in [6.45, 7) is 5.07. The first-order valence-corrected chi connectivity index (χ1v) is 10.5. The van der Waals surface area contributed by atoms with Crippen LogP contribution in [0, 0.1) is 11.8 Å². The molecule has 1 heterocycles. The van der Waals surface area contributed by atoms with Crippen molar-refractivity contribution >= 4 is 23.7 Å². The monoisotopic (exact) mass is 457 g/mol. The van der Waals surface area contributed by atoms with Crippen molar-refractivity contribution in [2.75, 3.05) is 0 Å². The zero-order chi connectivity index (χ0) is 23.3. The lowest BCUT2D eigenvalue weighted by atomic mass is 10.1. The minimum absolute atomic E-state index is 0.118. The summed E-state index contributed by atoms with van der Waals surface area (Å²) in [5, 5.41) is 12.1. The van der Waals surface area contributed by atoms with Gasteiger partial charge in [0.1, 0.15) is 29.4 Å². The number of carboxylic acid groups (broad SMARTS) is 1. The van der Waals surface area contributed by atoms with Gasteiger partial charge in [-0.15, -0.1) is 0 Å². The largest absolute Gasteiger partial charge is 0.489 e. The highest BCUT2D eigenvalue weighted by Gasteiger charge is 2.25. The molecule has 1 amide bonds. The number of hydrogen-bond donors (Lipinski definition) is 2. The number of ether oxygens (including phenoxy) is 2. The Morgan fingerprint density at radius 2 is 2.03 bits per heavy atom. The van der Waals surface area contributed by atoms with E-state index < -0.39 is 23.7 Å². The molecule has 168 valence electrons. The lowest BCUT2D eigenvalue weighted by Crippen LogP contribution is -2.43. The molecule has 1 aromatic heterocycles. The molecule has 1 fully saturated rings. The summed E-state index contributed by atoms with van der Waals surface area (Å²) >= 11 is 6.32. The number of carbonyl (C=O) groups is 2. The van der Waals surface area contributed by atoms with Crippen molar-refractivity contribution in [3.63, 3.8) is 0 Å². The highest BCUT2D eigenvalue weighted by atomic mass is 35.5. The quantitative estimate of drug-likeness (QED) is 0.629. The highest BCUT2D eigenvalue weighted by Crippen LogP contribution is 2.34. The van der Waals surface area contributed by atoms with Gasteiger partial charge < -0.3 is 19.9 Å². The minimum Gasteiger partial charge on any atom is -0.489 e. The molecule has 0 bridgehead atoms. The lowest BCUT2D eigenvalue weighted by molar-refractivity contribution is -0.139. The maximum atomic E-state index is 11.8. The third-order valence-electron chi connectivity index (χ3n) is 4.22. The Morgan fingerprint density at radius 3 is 2.66 bits per heavy atom. The van der Waals surface area contributed by atoms with Crippen molar-refractivity contribution in [3.8, 4) is 28.8 Å². The number of rotatable bonds is 6. The average molecular weight is 458 g/mol. The molecule has 8 nitrogen and oxygen atoms in total. The number of carbonyl (C=O) groups excluding carboxylic acids is 1. The van der Waals surface area contributed by atoms with Gasteiger partial charge in [-0.3, -0.25) is 0 Å². The van der Waals surface area contributed by atoms with Crippen molar-refractivity contribution in [1.82, 2.24) is 15.3 Å². The third-order valence-corrected chi connectivity index (χ3v) is 4.52. The van der Waals surface area contributed by atoms with Gasteiger partial charge in [0, 0.05) is 12.0 Å². The van der Waals surface area contributed by atoms with Crippen LogP contribution in [-0.4, -0.2) is 44.9 Å². The van der Waals surface area contributed by atoms with Gasteiger partial charge in [-0.1, -0.05) is 17.5 Å². The van der Waals surface area contributed by atoms with Crippen molar-refractivity contribution in [3.05, 3.63) is 41.3 Å². The van der Waals surface area contributed by atoms with Gasteiger partial charge in [-0.05, 0) is 63.8 Å². The number of benzene rings is 1. The number of carboxylic acids is 1. The molecule has 1 saturated carbocycles. The molecule has 0 aliphatic heterocycles. The van der Waals surface area contributed by atoms with E-state index in [0.29, 0.717) is 22.2 Å². The van der Waals surface area contributed by atoms with Crippen LogP contribution in [0.25, 0.3) is 11.3 Å². The number of amides is 1. The Morgan fingerprint density at radius 1 is 1.28 bits per heavy atom. The summed E-state index contributed by atoms with van der Waals surface area (Å²) in [5.74, 6) is 4.98. The van der Waals surface area contributed by atoms with Crippen LogP contribution in [0.3, 0.4) is 0 Å². The number of aliphatic carboxylic acids is 1. The molecule has 2 aromatic rings. The second-order valence-electron chi connectivity index (χ2n) is 8.29. The van der Waals surface area contributed by atoms with Crippen LogP contribution in [0.15, 0.2) is 30.6 Å². The summed E-state index contributed by atoms with van der Waals surface area (Å²) < 4.78 is 10.8. The predicted molar refractivity (Wildman–Crippen MR) is 118 cm³/mol. The second-order valence-corrected chi connectivity index (χ2v) is 8.70. The Labute approximate surface area is 191 Å². The molecule has 32 heavy (non-hydrogen) atoms. The van der Waals surface area contributed by atoms with Gasteiger partial charge in [0.05, 0.1) is 16.8 Å². The van der Waals surface area contributed by atoms with Crippen LogP contribution >= 0.6 is 11.6 Å². The van der Waals surface area contributed by atoms with Gasteiger partial charge >= 0.3 is 12.1 Å². The summed E-state index contributed by atoms with van der Waals surface area (Å²) in [5.41, 5.74) is 1.07. The Kier molecular flexibility index (Phi) is 7.21. The first kappa shape index (κ1) is 23.4. The molecule has 0 spiro atoms. The lowest BCUT2D eigenvalue weighted by Gasteiger charge is -2.21. The van der Waals surface area contributed by atoms with Crippen molar-refractivity contribution in [2.45, 2.75) is 57.8 Å². The molecular weight excluding hydrogens is 434 g/mol. The Balaban J connectivity index is 1.67. The van der Waals surface area contributed by atoms with Crippen molar-refractivity contribution < 1.29 is 24.2 Å². The van der Waals surface area contributed by atoms with Gasteiger partial charge in [0.25, 0.3) is 0 Å². The molecule has 3 rings (SSSR count). The molecule has 0 radical (unpaired) electrons. The fraction of sp³-hybridized carbons (Fsp3) is 0.391. The van der Waals surface area contributed by atoms with E-state index in [9.17, 15) is 14.7 Å². The van der Waals surface area contributed by atoms with Gasteiger partial charge in [-0.2, -0.15) is 0 Å². The van der Waals surface area contributed by atoms with Gasteiger partial charge in [0.2, 0.25) is 0 Å². The molecule has 1 aliphatic rings. The Hall–Kier alpha value is -3.31. The first-order chi connectivity index (χ1) is 15.1. The van der Waals surface area contributed by atoms with Crippen LogP contribution < -0.4 is 10.1 Å². The van der Waals surface area contributed by atoms with E-state index >= 15 is 0 Å². The fourth-order valence-electron chi connectivity index (χ4n) is 2.60. The van der Waals surface area contributed by atoms with Crippen LogP contribution in [-0.2, 0) is 9.53 Å². The topological polar surface area (TPSA) is 111 Å². The number of nitrogens with one attached hydrogen (secondary N) is 1. The van der Waals surface area contributed by atoms with Crippen LogP contribution in [0.2, 0.25) is 5.02 Å². The van der Waals surface area contributed by atoms with Crippen molar-refractivity contribution in [2.24, 2.45) is 0 Å². The molecule has 0 saturated heterocycles. The number of hydrogen-bond acceptors (Lipinski definition) is 6. The highest BCUT2D eigenvalue weighted by molar-refractivity contribution is 6.32. The number of nitrogens with zero attached hydrogens (tertiary/aromatic N) is 2. The van der Waals surface area contributed by atoms with E-state index in [1.54, 1.807) is 32.9 Å². The molecule has 1 atom stereocenters. The minimum atomic E-state index is -1.21. The van der Waals surface area contributed by atoms with Crippen molar-refractivity contribution in [1.29, 1.82) is 0 Å². The van der Waals surface area contributed by atoms with Crippen LogP contribution in [0.5, 0.6) is 5.75 Å². The summed E-state index contributed by atoms with van der Waals surface area (Å²) in [6, 6.07) is 5.90. The standard InChI is InChI=1S/C23H24ClN3O5/c1-23(2,3)32-22(30)27-18(21(28)29)6-4-5-15-12-19(26-13-25-15)14-7-10-20(17(24)11-14)31-16-8-9-16/h7,10-13,16,18H,6,8-9H2,1-3H3,(H,27,30)(H,28,29)/t18-/m0/s1. The second kappa shape index (κ2) is 9.88. The van der Waals surface area contributed by atoms with E-state index in [0.717, 1.165) is 18.4 Å². The number of halogens is 1. The summed E-state index contributed by atoms with van der Waals surface area (Å²) in [7, 11) is 0. The fourth-order valence-corrected chi connectivity index (χ4v) is 2.82. The maximum absolute atomic E-state index is 11.8. The van der Waals surface area contributed by atoms with Gasteiger partial charge in [-0.25, -0.2) is 19.6 Å². The van der Waals surface area contributed by atoms with Crippen LogP contribution in [0.1, 0.15) is 45.7 Å². The normalized spacial score (nSPS) is 14.0. The van der Waals surface area contributed by atoms with E-state index in [1.807, 2.05) is 12.1 Å². The molecule has 2 N–H and O–H groups in total. The molecule has 9 heteroatoms. The third kappa shape index (κ3) is 7.13. The Bertz CT molecular complexity index is 1070. The molecule has 0 unspecified atom stereocenters. The SMILES string of the molecule is CC(C)(C)OC(=O)N[C@@H](CC#Cc1cc(-c2ccc(OC3CC3)c(Cl)c2)ncn1)C(=O)O. The predicted octanol–water partition coefficient (Wildman–Crippen LogP) is 4.06. The zero-order valence-corrected chi connectivity index (χ0v) is 18.8. The van der Waals surface area contributed by atoms with E-state index in [2.05, 4.69) is 27.1 Å². The molecule has 1 aromatic carbocycles. The van der Waals surface area contributed by atoms with E-state index in [4.69, 9.17) is 21.1 Å². The smallest absolute Gasteiger partial charge is 0.408 e. The van der Waals surface area contributed by atoms with E-state index in [-0.39, 0.29) is 12.5 Å². The van der Waals surface area contributed by atoms with Gasteiger partial charge in [0.15, 0.2) is 0 Å². The van der Waals surface area contributed by atoms with Crippen LogP contribution in [0.4, 0.5) is 4.79 Å². The molecular formula is C23H24ClN3O5. The summed E-state index contributed by atoms with van der Waals surface area (Å²) in [4.78, 5) is 31.6. The average Bonchev–Trinajstić information content (AvgIpc) is 3.51. The summed E-state index contributed by atoms with van der Waals surface area (Å²) in [6.07, 6.45) is 2.77. The molecule has 1 aliphatic carbocycles. The first-order valence-electron chi connectivity index (χ1n) is 10.1.